The van der Waals surface area contributed by atoms with Gasteiger partial charge in [0.25, 0.3) is 0 Å². The molecule has 1 aromatic rings. The molecule has 0 fully saturated rings. The van der Waals surface area contributed by atoms with Gasteiger partial charge in [0.2, 0.25) is 5.12 Å². The molecule has 0 aliphatic rings. The lowest BCUT2D eigenvalue weighted by atomic mass is 10.1. The molecule has 0 aromatic heterocycles. The van der Waals surface area contributed by atoms with E-state index < -0.39 is 0 Å². The maximum Gasteiger partial charge on any atom is 0.216 e. The van der Waals surface area contributed by atoms with Crippen molar-refractivity contribution in [3.63, 3.8) is 0 Å². The molecule has 0 radical (unpaired) electrons. The number of benzene rings is 1. The van der Waals surface area contributed by atoms with E-state index in [0.717, 1.165) is 5.56 Å². The third-order valence-corrected chi connectivity index (χ3v) is 1.72. The van der Waals surface area contributed by atoms with Gasteiger partial charge in [-0.1, -0.05) is 0 Å². The van der Waals surface area contributed by atoms with E-state index in [1.807, 2.05) is 6.92 Å². The van der Waals surface area contributed by atoms with Gasteiger partial charge < -0.3 is 5.73 Å². The van der Waals surface area contributed by atoms with Gasteiger partial charge in [-0.05, 0) is 30.7 Å². The van der Waals surface area contributed by atoms with E-state index in [1.54, 1.807) is 18.2 Å². The fourth-order valence-corrected chi connectivity index (χ4v) is 1.18. The standard InChI is InChI=1S/C8H9NOS/c1-5-4-6(9)2-3-7(5)8(10)11/h2-4H,9H2,1H3,(H,10,11). The Bertz CT molecular complexity index is 296. The predicted octanol–water partition coefficient (Wildman–Crippen LogP) is 1.65. The third kappa shape index (κ3) is 1.74. The Kier molecular flexibility index (Phi) is 2.19. The number of rotatable bonds is 1. The molecular weight excluding hydrogens is 158 g/mol. The third-order valence-electron chi connectivity index (χ3n) is 1.48. The molecule has 0 heterocycles. The average Bonchev–Trinajstić information content (AvgIpc) is 1.85. The Morgan fingerprint density at radius 1 is 1.55 bits per heavy atom. The first-order valence-electron chi connectivity index (χ1n) is 3.20. The molecule has 0 atom stereocenters. The van der Waals surface area contributed by atoms with Gasteiger partial charge in [-0.25, -0.2) is 0 Å². The van der Waals surface area contributed by atoms with Crippen molar-refractivity contribution in [1.29, 1.82) is 0 Å². The summed E-state index contributed by atoms with van der Waals surface area (Å²) in [6.45, 7) is 1.83. The molecule has 0 amide bonds. The second-order valence-corrected chi connectivity index (χ2v) is 2.79. The Labute approximate surface area is 70.8 Å². The van der Waals surface area contributed by atoms with Gasteiger partial charge in [0, 0.05) is 11.3 Å². The molecule has 58 valence electrons. The monoisotopic (exact) mass is 167 g/mol. The van der Waals surface area contributed by atoms with Crippen LogP contribution in [0.25, 0.3) is 0 Å². The average molecular weight is 167 g/mol. The molecule has 0 unspecified atom stereocenters. The van der Waals surface area contributed by atoms with E-state index >= 15 is 0 Å². The van der Waals surface area contributed by atoms with Crippen molar-refractivity contribution in [2.45, 2.75) is 6.92 Å². The fourth-order valence-electron chi connectivity index (χ4n) is 0.927. The summed E-state index contributed by atoms with van der Waals surface area (Å²) in [5.41, 5.74) is 7.64. The number of aryl methyl sites for hydroxylation is 1. The van der Waals surface area contributed by atoms with Crippen LogP contribution in [0.1, 0.15) is 15.9 Å². The minimum Gasteiger partial charge on any atom is -0.399 e. The fraction of sp³-hybridized carbons (Fsp3) is 0.125. The van der Waals surface area contributed by atoms with E-state index in [0.29, 0.717) is 11.3 Å². The highest BCUT2D eigenvalue weighted by Crippen LogP contribution is 2.13. The van der Waals surface area contributed by atoms with Gasteiger partial charge in [-0.2, -0.15) is 0 Å². The minimum absolute atomic E-state index is 0.220. The van der Waals surface area contributed by atoms with Gasteiger partial charge in [0.05, 0.1) is 0 Å². The Morgan fingerprint density at radius 2 is 2.18 bits per heavy atom. The lowest BCUT2D eigenvalue weighted by molar-refractivity contribution is 0.109. The van der Waals surface area contributed by atoms with Crippen LogP contribution in [0.15, 0.2) is 18.2 Å². The van der Waals surface area contributed by atoms with Crippen molar-refractivity contribution >= 4 is 23.4 Å². The number of nitrogens with two attached hydrogens (primary N) is 1. The summed E-state index contributed by atoms with van der Waals surface area (Å²) in [5.74, 6) is 0. The van der Waals surface area contributed by atoms with Crippen LogP contribution in [0.3, 0.4) is 0 Å². The largest absolute Gasteiger partial charge is 0.399 e. The summed E-state index contributed by atoms with van der Waals surface area (Å²) >= 11 is 3.71. The molecular formula is C8H9NOS. The lowest BCUT2D eigenvalue weighted by Crippen LogP contribution is -1.94. The first-order valence-corrected chi connectivity index (χ1v) is 3.65. The molecule has 3 heteroatoms. The van der Waals surface area contributed by atoms with Crippen molar-refractivity contribution < 1.29 is 4.79 Å². The zero-order valence-corrected chi connectivity index (χ0v) is 7.06. The number of carbonyl (C=O) groups is 1. The van der Waals surface area contributed by atoms with Crippen LogP contribution in [0.5, 0.6) is 0 Å². The van der Waals surface area contributed by atoms with Crippen LogP contribution in [-0.4, -0.2) is 5.12 Å². The number of nitrogen functional groups attached to an aromatic ring is 1. The van der Waals surface area contributed by atoms with E-state index in [1.165, 1.54) is 0 Å². The molecule has 1 rings (SSSR count). The summed E-state index contributed by atoms with van der Waals surface area (Å²) in [6.07, 6.45) is 0. The second-order valence-electron chi connectivity index (χ2n) is 2.38. The molecule has 0 saturated heterocycles. The molecule has 0 aliphatic carbocycles. The summed E-state index contributed by atoms with van der Waals surface area (Å²) in [6, 6.07) is 5.12. The summed E-state index contributed by atoms with van der Waals surface area (Å²) in [7, 11) is 0. The normalized spacial score (nSPS) is 9.64. The molecule has 0 saturated carbocycles. The highest BCUT2D eigenvalue weighted by Gasteiger charge is 2.02. The van der Waals surface area contributed by atoms with Crippen molar-refractivity contribution in [2.75, 3.05) is 5.73 Å². The van der Waals surface area contributed by atoms with Crippen molar-refractivity contribution in [1.82, 2.24) is 0 Å². The maximum atomic E-state index is 10.8. The summed E-state index contributed by atoms with van der Waals surface area (Å²) in [5, 5.41) is -0.220. The highest BCUT2D eigenvalue weighted by molar-refractivity contribution is 7.97. The topological polar surface area (TPSA) is 43.1 Å². The first kappa shape index (κ1) is 8.14. The minimum atomic E-state index is -0.220. The van der Waals surface area contributed by atoms with Crippen molar-refractivity contribution in [3.05, 3.63) is 29.3 Å². The first-order chi connectivity index (χ1) is 5.11. The lowest BCUT2D eigenvalue weighted by Gasteiger charge is -2.00. The maximum absolute atomic E-state index is 10.8. The molecule has 0 aliphatic heterocycles. The van der Waals surface area contributed by atoms with Crippen LogP contribution in [0, 0.1) is 6.92 Å². The van der Waals surface area contributed by atoms with Crippen LogP contribution in [0.4, 0.5) is 5.69 Å². The van der Waals surface area contributed by atoms with Crippen molar-refractivity contribution in [3.8, 4) is 0 Å². The smallest absolute Gasteiger partial charge is 0.216 e. The number of anilines is 1. The van der Waals surface area contributed by atoms with Crippen molar-refractivity contribution in [2.24, 2.45) is 0 Å². The van der Waals surface area contributed by atoms with Gasteiger partial charge in [0.15, 0.2) is 0 Å². The summed E-state index contributed by atoms with van der Waals surface area (Å²) < 4.78 is 0. The molecule has 0 spiro atoms. The van der Waals surface area contributed by atoms with E-state index in [4.69, 9.17) is 5.73 Å². The van der Waals surface area contributed by atoms with Crippen LogP contribution in [-0.2, 0) is 0 Å². The number of thiol groups is 1. The number of hydrogen-bond acceptors (Lipinski definition) is 2. The van der Waals surface area contributed by atoms with Gasteiger partial charge in [-0.15, -0.1) is 12.6 Å². The zero-order chi connectivity index (χ0) is 8.43. The summed E-state index contributed by atoms with van der Waals surface area (Å²) in [4.78, 5) is 10.8. The van der Waals surface area contributed by atoms with Crippen LogP contribution < -0.4 is 5.73 Å². The van der Waals surface area contributed by atoms with Crippen LogP contribution >= 0.6 is 12.6 Å². The van der Waals surface area contributed by atoms with Gasteiger partial charge in [-0.3, -0.25) is 4.79 Å². The SMILES string of the molecule is Cc1cc(N)ccc1C(=O)S. The number of carbonyl (C=O) groups excluding carboxylic acids is 1. The quantitative estimate of drug-likeness (QED) is 0.493. The molecule has 1 aromatic carbocycles. The Balaban J connectivity index is 3.20. The van der Waals surface area contributed by atoms with Gasteiger partial charge in [0.1, 0.15) is 0 Å². The molecule has 11 heavy (non-hydrogen) atoms. The Hall–Kier alpha value is -0.960. The highest BCUT2D eigenvalue weighted by atomic mass is 32.1. The predicted molar refractivity (Wildman–Crippen MR) is 48.9 cm³/mol. The Morgan fingerprint density at radius 3 is 2.64 bits per heavy atom. The molecule has 2 nitrogen and oxygen atoms in total. The number of hydrogen-bond donors (Lipinski definition) is 2. The molecule has 2 N–H and O–H groups in total. The zero-order valence-electron chi connectivity index (χ0n) is 6.16. The molecule has 0 bridgehead atoms. The van der Waals surface area contributed by atoms with E-state index in [2.05, 4.69) is 12.6 Å². The second kappa shape index (κ2) is 2.96. The van der Waals surface area contributed by atoms with E-state index in [9.17, 15) is 4.79 Å². The van der Waals surface area contributed by atoms with E-state index in [-0.39, 0.29) is 5.12 Å². The van der Waals surface area contributed by atoms with Crippen LogP contribution in [0.2, 0.25) is 0 Å². The van der Waals surface area contributed by atoms with Gasteiger partial charge >= 0.3 is 0 Å².